The Labute approximate surface area is 114 Å². The van der Waals surface area contributed by atoms with Gasteiger partial charge in [0.15, 0.2) is 11.6 Å². The second-order valence-corrected chi connectivity index (χ2v) is 5.97. The third-order valence-corrected chi connectivity index (χ3v) is 4.39. The van der Waals surface area contributed by atoms with Crippen LogP contribution in [0.15, 0.2) is 18.2 Å². The average Bonchev–Trinajstić information content (AvgIpc) is 2.60. The van der Waals surface area contributed by atoms with E-state index in [0.29, 0.717) is 5.92 Å². The molecule has 1 aromatic rings. The Morgan fingerprint density at radius 1 is 1.16 bits per heavy atom. The topological polar surface area (TPSA) is 12.0 Å². The van der Waals surface area contributed by atoms with Gasteiger partial charge in [0.1, 0.15) is 0 Å². The summed E-state index contributed by atoms with van der Waals surface area (Å²) >= 11 is 0. The van der Waals surface area contributed by atoms with E-state index in [4.69, 9.17) is 0 Å². The standard InChI is InChI=1S/C16H23F2N/c1-12(2)16(8-4-3-5-9-19-16)11-13-6-7-14(17)15(18)10-13/h6-7,10,12,19H,3-5,8-9,11H2,1-2H3. The minimum Gasteiger partial charge on any atom is -0.311 e. The molecule has 1 unspecified atom stereocenters. The van der Waals surface area contributed by atoms with Gasteiger partial charge < -0.3 is 5.32 Å². The summed E-state index contributed by atoms with van der Waals surface area (Å²) in [5.41, 5.74) is 0.892. The van der Waals surface area contributed by atoms with Crippen LogP contribution in [0, 0.1) is 17.6 Å². The molecule has 1 saturated heterocycles. The van der Waals surface area contributed by atoms with Crippen LogP contribution in [-0.4, -0.2) is 12.1 Å². The molecular weight excluding hydrogens is 244 g/mol. The highest BCUT2D eigenvalue weighted by Gasteiger charge is 2.34. The number of benzene rings is 1. The number of hydrogen-bond donors (Lipinski definition) is 1. The summed E-state index contributed by atoms with van der Waals surface area (Å²) in [6, 6.07) is 4.27. The quantitative estimate of drug-likeness (QED) is 0.870. The van der Waals surface area contributed by atoms with Crippen LogP contribution in [0.4, 0.5) is 8.78 Å². The van der Waals surface area contributed by atoms with Crippen LogP contribution in [0.25, 0.3) is 0 Å². The Morgan fingerprint density at radius 3 is 2.63 bits per heavy atom. The van der Waals surface area contributed by atoms with Crippen molar-refractivity contribution in [2.75, 3.05) is 6.54 Å². The minimum atomic E-state index is -0.767. The number of halogens is 2. The van der Waals surface area contributed by atoms with Crippen LogP contribution < -0.4 is 5.32 Å². The van der Waals surface area contributed by atoms with Crippen LogP contribution in [0.2, 0.25) is 0 Å². The molecule has 1 N–H and O–H groups in total. The number of nitrogens with one attached hydrogen (secondary N) is 1. The lowest BCUT2D eigenvalue weighted by atomic mass is 9.77. The molecule has 0 spiro atoms. The lowest BCUT2D eigenvalue weighted by Crippen LogP contribution is -2.51. The van der Waals surface area contributed by atoms with Crippen molar-refractivity contribution in [2.24, 2.45) is 5.92 Å². The predicted octanol–water partition coefficient (Wildman–Crippen LogP) is 4.07. The molecule has 106 valence electrons. The Hall–Kier alpha value is -0.960. The summed E-state index contributed by atoms with van der Waals surface area (Å²) in [4.78, 5) is 0. The molecule has 0 radical (unpaired) electrons. The largest absolute Gasteiger partial charge is 0.311 e. The van der Waals surface area contributed by atoms with Crippen LogP contribution >= 0.6 is 0 Å². The predicted molar refractivity (Wildman–Crippen MR) is 74.1 cm³/mol. The molecule has 1 aliphatic rings. The molecule has 0 aromatic heterocycles. The lowest BCUT2D eigenvalue weighted by molar-refractivity contribution is 0.225. The monoisotopic (exact) mass is 267 g/mol. The third-order valence-electron chi connectivity index (χ3n) is 4.39. The molecule has 0 bridgehead atoms. The summed E-state index contributed by atoms with van der Waals surface area (Å²) in [5.74, 6) is -1.04. The molecule has 1 fully saturated rings. The van der Waals surface area contributed by atoms with Crippen LogP contribution in [0.3, 0.4) is 0 Å². The van der Waals surface area contributed by atoms with Gasteiger partial charge >= 0.3 is 0 Å². The van der Waals surface area contributed by atoms with E-state index < -0.39 is 11.6 Å². The zero-order valence-corrected chi connectivity index (χ0v) is 11.8. The number of hydrogen-bond acceptors (Lipinski definition) is 1. The lowest BCUT2D eigenvalue weighted by Gasteiger charge is -2.38. The van der Waals surface area contributed by atoms with Gasteiger partial charge in [-0.2, -0.15) is 0 Å². The summed E-state index contributed by atoms with van der Waals surface area (Å²) in [6.45, 7) is 5.43. The maximum atomic E-state index is 13.3. The van der Waals surface area contributed by atoms with Crippen molar-refractivity contribution in [3.8, 4) is 0 Å². The van der Waals surface area contributed by atoms with E-state index in [2.05, 4.69) is 19.2 Å². The second kappa shape index (κ2) is 6.00. The van der Waals surface area contributed by atoms with Crippen LogP contribution in [0.1, 0.15) is 45.1 Å². The molecule has 1 aliphatic heterocycles. The second-order valence-electron chi connectivity index (χ2n) is 5.97. The maximum absolute atomic E-state index is 13.3. The first kappa shape index (κ1) is 14.4. The van der Waals surface area contributed by atoms with Crippen LogP contribution in [-0.2, 0) is 6.42 Å². The maximum Gasteiger partial charge on any atom is 0.159 e. The molecule has 0 aliphatic carbocycles. The third kappa shape index (κ3) is 3.33. The highest BCUT2D eigenvalue weighted by atomic mass is 19.2. The van der Waals surface area contributed by atoms with Gasteiger partial charge in [-0.1, -0.05) is 32.8 Å². The molecule has 0 amide bonds. The van der Waals surface area contributed by atoms with E-state index >= 15 is 0 Å². The van der Waals surface area contributed by atoms with Gasteiger partial charge in [0.2, 0.25) is 0 Å². The average molecular weight is 267 g/mol. The molecule has 2 rings (SSSR count). The van der Waals surface area contributed by atoms with E-state index in [9.17, 15) is 8.78 Å². The Balaban J connectivity index is 2.22. The zero-order valence-electron chi connectivity index (χ0n) is 11.8. The van der Waals surface area contributed by atoms with Gasteiger partial charge in [-0.25, -0.2) is 8.78 Å². The van der Waals surface area contributed by atoms with Crippen molar-refractivity contribution in [1.29, 1.82) is 0 Å². The van der Waals surface area contributed by atoms with E-state index in [1.165, 1.54) is 31.4 Å². The van der Waals surface area contributed by atoms with Crippen molar-refractivity contribution < 1.29 is 8.78 Å². The molecule has 1 heterocycles. The molecule has 19 heavy (non-hydrogen) atoms. The molecule has 3 heteroatoms. The van der Waals surface area contributed by atoms with Gasteiger partial charge in [-0.3, -0.25) is 0 Å². The van der Waals surface area contributed by atoms with Crippen molar-refractivity contribution in [3.63, 3.8) is 0 Å². The first-order valence-electron chi connectivity index (χ1n) is 7.22. The Bertz CT molecular complexity index is 421. The SMILES string of the molecule is CC(C)C1(Cc2ccc(F)c(F)c2)CCCCCN1. The summed E-state index contributed by atoms with van der Waals surface area (Å²) in [6.07, 6.45) is 5.52. The summed E-state index contributed by atoms with van der Waals surface area (Å²) in [7, 11) is 0. The van der Waals surface area contributed by atoms with E-state index in [0.717, 1.165) is 24.9 Å². The molecule has 1 atom stereocenters. The molecule has 1 nitrogen and oxygen atoms in total. The van der Waals surface area contributed by atoms with Crippen molar-refractivity contribution in [3.05, 3.63) is 35.4 Å². The summed E-state index contributed by atoms with van der Waals surface area (Å²) < 4.78 is 26.3. The molecule has 1 aromatic carbocycles. The minimum absolute atomic E-state index is 0.0147. The smallest absolute Gasteiger partial charge is 0.159 e. The van der Waals surface area contributed by atoms with Gasteiger partial charge in [0, 0.05) is 5.54 Å². The normalized spacial score (nSPS) is 24.5. The van der Waals surface area contributed by atoms with Gasteiger partial charge in [-0.05, 0) is 49.4 Å². The van der Waals surface area contributed by atoms with Gasteiger partial charge in [-0.15, -0.1) is 0 Å². The number of rotatable bonds is 3. The van der Waals surface area contributed by atoms with E-state index in [1.54, 1.807) is 6.07 Å². The molecule has 0 saturated carbocycles. The van der Waals surface area contributed by atoms with E-state index in [-0.39, 0.29) is 5.54 Å². The van der Waals surface area contributed by atoms with Crippen molar-refractivity contribution in [2.45, 2.75) is 51.5 Å². The van der Waals surface area contributed by atoms with Gasteiger partial charge in [0.05, 0.1) is 0 Å². The van der Waals surface area contributed by atoms with Crippen molar-refractivity contribution in [1.82, 2.24) is 5.32 Å². The zero-order chi connectivity index (χ0) is 13.9. The Kier molecular flexibility index (Phi) is 4.56. The highest BCUT2D eigenvalue weighted by molar-refractivity contribution is 5.21. The fraction of sp³-hybridized carbons (Fsp3) is 0.625. The fourth-order valence-electron chi connectivity index (χ4n) is 3.03. The first-order valence-corrected chi connectivity index (χ1v) is 7.22. The summed E-state index contributed by atoms with van der Waals surface area (Å²) in [5, 5.41) is 3.66. The highest BCUT2D eigenvalue weighted by Crippen LogP contribution is 2.30. The van der Waals surface area contributed by atoms with Crippen molar-refractivity contribution >= 4 is 0 Å². The van der Waals surface area contributed by atoms with Gasteiger partial charge in [0.25, 0.3) is 0 Å². The van der Waals surface area contributed by atoms with E-state index in [1.807, 2.05) is 0 Å². The molecular formula is C16H23F2N. The van der Waals surface area contributed by atoms with Crippen LogP contribution in [0.5, 0.6) is 0 Å². The first-order chi connectivity index (χ1) is 9.03. The Morgan fingerprint density at radius 2 is 1.95 bits per heavy atom. The fourth-order valence-corrected chi connectivity index (χ4v) is 3.03.